The van der Waals surface area contributed by atoms with Crippen molar-refractivity contribution in [3.63, 3.8) is 0 Å². The van der Waals surface area contributed by atoms with Gasteiger partial charge < -0.3 is 20.5 Å². The summed E-state index contributed by atoms with van der Waals surface area (Å²) in [6, 6.07) is 16.3. The molecule has 0 bridgehead atoms. The number of rotatable bonds is 7. The molecule has 2 aromatic rings. The highest BCUT2D eigenvalue weighted by Gasteiger charge is 2.48. The maximum atomic E-state index is 13.0. The molecule has 3 aliphatic carbocycles. The smallest absolute Gasteiger partial charge is 0.408 e. The number of nitrogens with one attached hydrogen (secondary N) is 2. The second-order valence-corrected chi connectivity index (χ2v) is 9.86. The normalized spacial score (nSPS) is 19.4. The van der Waals surface area contributed by atoms with Gasteiger partial charge in [-0.3, -0.25) is 9.59 Å². The highest BCUT2D eigenvalue weighted by molar-refractivity contribution is 5.91. The third-order valence-electron chi connectivity index (χ3n) is 7.93. The summed E-state index contributed by atoms with van der Waals surface area (Å²) in [5.41, 5.74) is 2.64. The van der Waals surface area contributed by atoms with Gasteiger partial charge in [0.2, 0.25) is 5.91 Å². The van der Waals surface area contributed by atoms with Gasteiger partial charge in [-0.05, 0) is 54.4 Å². The van der Waals surface area contributed by atoms with Crippen molar-refractivity contribution in [3.8, 4) is 11.1 Å². The van der Waals surface area contributed by atoms with Crippen LogP contribution in [0, 0.1) is 5.41 Å². The Bertz CT molecular complexity index is 1070. The quantitative estimate of drug-likeness (QED) is 0.572. The van der Waals surface area contributed by atoms with Crippen LogP contribution in [-0.2, 0) is 14.3 Å². The first-order valence-corrected chi connectivity index (χ1v) is 12.1. The summed E-state index contributed by atoms with van der Waals surface area (Å²) >= 11 is 0. The largest absolute Gasteiger partial charge is 0.481 e. The maximum Gasteiger partial charge on any atom is 0.408 e. The first kappa shape index (κ1) is 22.4. The Kier molecular flexibility index (Phi) is 5.80. The zero-order valence-corrected chi connectivity index (χ0v) is 19.1. The Balaban J connectivity index is 1.22. The van der Waals surface area contributed by atoms with E-state index in [1.54, 1.807) is 0 Å². The summed E-state index contributed by atoms with van der Waals surface area (Å²) in [5, 5.41) is 15.3. The number of benzene rings is 2. The molecule has 3 N–H and O–H groups in total. The zero-order chi connectivity index (χ0) is 23.8. The van der Waals surface area contributed by atoms with Crippen molar-refractivity contribution in [2.75, 3.05) is 13.2 Å². The molecule has 0 heterocycles. The van der Waals surface area contributed by atoms with E-state index in [0.717, 1.165) is 41.5 Å². The Morgan fingerprint density at radius 1 is 0.882 bits per heavy atom. The molecule has 0 aromatic heterocycles. The number of ether oxygens (including phenoxy) is 1. The van der Waals surface area contributed by atoms with Gasteiger partial charge in [0.1, 0.15) is 12.1 Å². The predicted molar refractivity (Wildman–Crippen MR) is 126 cm³/mol. The van der Waals surface area contributed by atoms with E-state index in [1.807, 2.05) is 24.3 Å². The number of aliphatic carboxylic acids is 1. The van der Waals surface area contributed by atoms with Crippen molar-refractivity contribution in [1.29, 1.82) is 0 Å². The van der Waals surface area contributed by atoms with Crippen LogP contribution in [0.15, 0.2) is 48.5 Å². The van der Waals surface area contributed by atoms with E-state index in [4.69, 9.17) is 4.74 Å². The molecule has 0 radical (unpaired) electrons. The van der Waals surface area contributed by atoms with E-state index < -0.39 is 23.0 Å². The molecule has 0 aliphatic heterocycles. The third kappa shape index (κ3) is 3.83. The number of amides is 2. The lowest BCUT2D eigenvalue weighted by Gasteiger charge is -2.41. The van der Waals surface area contributed by atoms with Crippen LogP contribution in [0.5, 0.6) is 0 Å². The van der Waals surface area contributed by atoms with Gasteiger partial charge in [-0.25, -0.2) is 4.79 Å². The molecule has 7 nitrogen and oxygen atoms in total. The summed E-state index contributed by atoms with van der Waals surface area (Å²) < 4.78 is 5.63. The van der Waals surface area contributed by atoms with Crippen molar-refractivity contribution in [1.82, 2.24) is 10.6 Å². The number of carbonyl (C=O) groups excluding carboxylic acids is 2. The molecule has 34 heavy (non-hydrogen) atoms. The van der Waals surface area contributed by atoms with Gasteiger partial charge in [-0.15, -0.1) is 0 Å². The van der Waals surface area contributed by atoms with Crippen LogP contribution >= 0.6 is 0 Å². The van der Waals surface area contributed by atoms with Crippen molar-refractivity contribution in [2.24, 2.45) is 5.41 Å². The molecule has 7 heteroatoms. The number of carbonyl (C=O) groups is 3. The molecule has 178 valence electrons. The molecular formula is C27H30N2O5. The summed E-state index contributed by atoms with van der Waals surface area (Å²) in [7, 11) is 0. The van der Waals surface area contributed by atoms with Gasteiger partial charge in [0, 0.05) is 12.5 Å². The number of carboxylic acid groups (broad SMARTS) is 1. The second-order valence-electron chi connectivity index (χ2n) is 9.86. The monoisotopic (exact) mass is 462 g/mol. The standard InChI is InChI=1S/C27H30N2O5/c30-23(28-17-26(24(31)32)12-5-6-13-26)27(14-7-15-27)29-25(33)34-16-22-20-10-3-1-8-18(20)19-9-2-4-11-21(19)22/h1-4,8-11,22H,5-7,12-17H2,(H,28,30)(H,29,33)(H,31,32). The molecule has 0 unspecified atom stereocenters. The zero-order valence-electron chi connectivity index (χ0n) is 19.1. The Morgan fingerprint density at radius 3 is 2.00 bits per heavy atom. The molecule has 0 spiro atoms. The SMILES string of the molecule is O=C(NC1(C(=O)NCC2(C(=O)O)CCCC2)CCC1)OCC1c2ccccc2-c2ccccc21. The van der Waals surface area contributed by atoms with Gasteiger partial charge in [0.15, 0.2) is 0 Å². The molecule has 2 fully saturated rings. The Morgan fingerprint density at radius 2 is 1.47 bits per heavy atom. The third-order valence-corrected chi connectivity index (χ3v) is 7.93. The van der Waals surface area contributed by atoms with Crippen LogP contribution in [0.3, 0.4) is 0 Å². The molecule has 2 amide bonds. The van der Waals surface area contributed by atoms with E-state index in [-0.39, 0.29) is 25.0 Å². The van der Waals surface area contributed by atoms with Crippen LogP contribution in [0.25, 0.3) is 11.1 Å². The highest BCUT2D eigenvalue weighted by Crippen LogP contribution is 2.44. The Labute approximate surface area is 198 Å². The molecule has 0 atom stereocenters. The number of hydrogen-bond donors (Lipinski definition) is 3. The number of alkyl carbamates (subject to hydrolysis) is 1. The predicted octanol–water partition coefficient (Wildman–Crippen LogP) is 4.21. The maximum absolute atomic E-state index is 13.0. The van der Waals surface area contributed by atoms with E-state index in [9.17, 15) is 19.5 Å². The van der Waals surface area contributed by atoms with E-state index in [1.165, 1.54) is 0 Å². The van der Waals surface area contributed by atoms with E-state index >= 15 is 0 Å². The van der Waals surface area contributed by atoms with Gasteiger partial charge in [0.05, 0.1) is 5.41 Å². The van der Waals surface area contributed by atoms with Crippen LogP contribution in [0.2, 0.25) is 0 Å². The number of hydrogen-bond acceptors (Lipinski definition) is 4. The average molecular weight is 463 g/mol. The fraction of sp³-hybridized carbons (Fsp3) is 0.444. The van der Waals surface area contributed by atoms with E-state index in [2.05, 4.69) is 34.9 Å². The Hall–Kier alpha value is -3.35. The van der Waals surface area contributed by atoms with Gasteiger partial charge >= 0.3 is 12.1 Å². The topological polar surface area (TPSA) is 105 Å². The van der Waals surface area contributed by atoms with Crippen molar-refractivity contribution >= 4 is 18.0 Å². The van der Waals surface area contributed by atoms with Crippen LogP contribution < -0.4 is 10.6 Å². The molecule has 3 aliphatic rings. The fourth-order valence-electron chi connectivity index (χ4n) is 5.71. The van der Waals surface area contributed by atoms with E-state index in [0.29, 0.717) is 25.7 Å². The minimum Gasteiger partial charge on any atom is -0.481 e. The lowest BCUT2D eigenvalue weighted by molar-refractivity contribution is -0.149. The molecule has 2 aromatic carbocycles. The molecular weight excluding hydrogens is 432 g/mol. The summed E-state index contributed by atoms with van der Waals surface area (Å²) in [6.07, 6.45) is 4.07. The second kappa shape index (κ2) is 8.78. The van der Waals surface area contributed by atoms with Crippen LogP contribution in [0.1, 0.15) is 62.0 Å². The summed E-state index contributed by atoms with van der Waals surface area (Å²) in [6.45, 7) is 0.273. The summed E-state index contributed by atoms with van der Waals surface area (Å²) in [4.78, 5) is 37.6. The number of carboxylic acids is 1. The van der Waals surface area contributed by atoms with Crippen molar-refractivity contribution in [3.05, 3.63) is 59.7 Å². The first-order chi connectivity index (χ1) is 16.4. The highest BCUT2D eigenvalue weighted by atomic mass is 16.5. The molecule has 5 rings (SSSR count). The summed E-state index contributed by atoms with van der Waals surface area (Å²) in [5.74, 6) is -1.24. The van der Waals surface area contributed by atoms with Crippen molar-refractivity contribution < 1.29 is 24.2 Å². The van der Waals surface area contributed by atoms with Gasteiger partial charge in [-0.2, -0.15) is 0 Å². The fourth-order valence-corrected chi connectivity index (χ4v) is 5.71. The lowest BCUT2D eigenvalue weighted by Crippen LogP contribution is -2.63. The number of fused-ring (bicyclic) bond motifs is 3. The minimum absolute atomic E-state index is 0.0536. The molecule has 0 saturated heterocycles. The van der Waals surface area contributed by atoms with Gasteiger partial charge in [0.25, 0.3) is 0 Å². The minimum atomic E-state index is -1.03. The van der Waals surface area contributed by atoms with Gasteiger partial charge in [-0.1, -0.05) is 61.4 Å². The average Bonchev–Trinajstić information content (AvgIpc) is 3.42. The van der Waals surface area contributed by atoms with Crippen LogP contribution in [-0.4, -0.2) is 41.8 Å². The molecule has 2 saturated carbocycles. The van der Waals surface area contributed by atoms with Crippen molar-refractivity contribution in [2.45, 2.75) is 56.4 Å². The van der Waals surface area contributed by atoms with Crippen LogP contribution in [0.4, 0.5) is 4.79 Å². The first-order valence-electron chi connectivity index (χ1n) is 12.1. The lowest BCUT2D eigenvalue weighted by atomic mass is 9.75.